The molecule has 1 amide bonds. The van der Waals surface area contributed by atoms with Gasteiger partial charge in [0.2, 0.25) is 0 Å². The number of carbonyl (C=O) groups is 1. The van der Waals surface area contributed by atoms with E-state index in [0.29, 0.717) is 0 Å². The van der Waals surface area contributed by atoms with Crippen LogP contribution in [0.4, 0.5) is 5.69 Å². The zero-order valence-corrected chi connectivity index (χ0v) is 11.3. The monoisotopic (exact) mass is 271 g/mol. The fourth-order valence-electron chi connectivity index (χ4n) is 2.77. The lowest BCUT2D eigenvalue weighted by Gasteiger charge is -1.96. The van der Waals surface area contributed by atoms with Crippen LogP contribution in [0.1, 0.15) is 11.1 Å². The summed E-state index contributed by atoms with van der Waals surface area (Å²) in [6, 6.07) is 22.2. The Morgan fingerprint density at radius 3 is 2.24 bits per heavy atom. The maximum Gasteiger partial charge on any atom is 0.256 e. The van der Waals surface area contributed by atoms with Crippen molar-refractivity contribution in [2.75, 3.05) is 5.32 Å². The lowest BCUT2D eigenvalue weighted by Crippen LogP contribution is -2.03. The molecule has 0 unspecified atom stereocenters. The van der Waals surface area contributed by atoms with Gasteiger partial charge in [-0.1, -0.05) is 48.5 Å². The second-order valence-corrected chi connectivity index (χ2v) is 5.17. The average molecular weight is 271 g/mol. The van der Waals surface area contributed by atoms with Crippen molar-refractivity contribution in [2.45, 2.75) is 0 Å². The highest BCUT2D eigenvalue weighted by Gasteiger charge is 2.23. The molecule has 21 heavy (non-hydrogen) atoms. The first-order valence-electron chi connectivity index (χ1n) is 6.92. The zero-order valence-electron chi connectivity index (χ0n) is 11.3. The Labute approximate surface area is 123 Å². The largest absolute Gasteiger partial charge is 0.321 e. The number of hydrogen-bond donors (Lipinski definition) is 1. The smallest absolute Gasteiger partial charge is 0.256 e. The topological polar surface area (TPSA) is 29.1 Å². The van der Waals surface area contributed by atoms with Crippen LogP contribution in [0.15, 0.2) is 66.7 Å². The average Bonchev–Trinajstić information content (AvgIpc) is 2.93. The molecule has 1 N–H and O–H groups in total. The zero-order chi connectivity index (χ0) is 14.2. The van der Waals surface area contributed by atoms with Crippen LogP contribution in [0, 0.1) is 0 Å². The van der Waals surface area contributed by atoms with Gasteiger partial charge < -0.3 is 5.32 Å². The number of benzene rings is 1. The molecule has 2 heteroatoms. The molecule has 4 rings (SSSR count). The molecule has 0 spiro atoms. The van der Waals surface area contributed by atoms with E-state index in [1.807, 2.05) is 48.5 Å². The van der Waals surface area contributed by atoms with E-state index in [1.54, 1.807) is 0 Å². The number of hydrogen-bond acceptors (Lipinski definition) is 1. The molecule has 1 aromatic rings. The van der Waals surface area contributed by atoms with Crippen molar-refractivity contribution in [1.29, 1.82) is 0 Å². The number of anilines is 1. The first kappa shape index (κ1) is 11.9. The predicted octanol–water partition coefficient (Wildman–Crippen LogP) is 4.28. The molecule has 0 saturated heterocycles. The summed E-state index contributed by atoms with van der Waals surface area (Å²) in [6.07, 6.45) is 1.96. The van der Waals surface area contributed by atoms with Crippen LogP contribution < -0.4 is 5.32 Å². The molecule has 1 aliphatic heterocycles. The Bertz CT molecular complexity index is 817. The molecule has 1 heterocycles. The minimum absolute atomic E-state index is 0.0352. The Kier molecular flexibility index (Phi) is 2.61. The van der Waals surface area contributed by atoms with Gasteiger partial charge in [0, 0.05) is 16.8 Å². The molecule has 0 radical (unpaired) electrons. The Balaban J connectivity index is 1.84. The van der Waals surface area contributed by atoms with E-state index in [2.05, 4.69) is 29.6 Å². The molecular weight excluding hydrogens is 258 g/mol. The van der Waals surface area contributed by atoms with Crippen molar-refractivity contribution in [3.05, 3.63) is 77.9 Å². The van der Waals surface area contributed by atoms with Crippen molar-refractivity contribution >= 4 is 23.2 Å². The second kappa shape index (κ2) is 4.60. The Morgan fingerprint density at radius 2 is 1.48 bits per heavy atom. The van der Waals surface area contributed by atoms with Crippen LogP contribution in [0.3, 0.4) is 0 Å². The minimum Gasteiger partial charge on any atom is -0.321 e. The minimum atomic E-state index is -0.0352. The van der Waals surface area contributed by atoms with Gasteiger partial charge in [0.15, 0.2) is 0 Å². The molecule has 0 bridgehead atoms. The molecular formula is C19H13NO. The quantitative estimate of drug-likeness (QED) is 0.657. The normalized spacial score (nSPS) is 15.2. The molecule has 1 aromatic carbocycles. The number of para-hydroxylation sites is 1. The van der Waals surface area contributed by atoms with E-state index in [0.717, 1.165) is 22.4 Å². The van der Waals surface area contributed by atoms with Crippen LogP contribution in [0.2, 0.25) is 0 Å². The van der Waals surface area contributed by atoms with Gasteiger partial charge in [-0.05, 0) is 41.0 Å². The van der Waals surface area contributed by atoms with Gasteiger partial charge in [-0.15, -0.1) is 0 Å². The van der Waals surface area contributed by atoms with Gasteiger partial charge in [0.25, 0.3) is 5.91 Å². The van der Waals surface area contributed by atoms with Crippen LogP contribution in [-0.4, -0.2) is 5.91 Å². The third-order valence-corrected chi connectivity index (χ3v) is 3.77. The van der Waals surface area contributed by atoms with Gasteiger partial charge in [0.1, 0.15) is 0 Å². The van der Waals surface area contributed by atoms with Crippen molar-refractivity contribution < 1.29 is 4.79 Å². The second-order valence-electron chi connectivity index (χ2n) is 5.17. The van der Waals surface area contributed by atoms with Crippen molar-refractivity contribution in [3.8, 4) is 11.1 Å². The summed E-state index contributed by atoms with van der Waals surface area (Å²) in [4.78, 5) is 12.1. The van der Waals surface area contributed by atoms with E-state index < -0.39 is 0 Å². The summed E-state index contributed by atoms with van der Waals surface area (Å²) in [5.74, 6) is -0.0352. The Morgan fingerprint density at radius 1 is 0.810 bits per heavy atom. The third-order valence-electron chi connectivity index (χ3n) is 3.77. The number of nitrogens with one attached hydrogen (secondary N) is 1. The number of rotatable bonds is 1. The molecule has 2 nitrogen and oxygen atoms in total. The third kappa shape index (κ3) is 2.01. The van der Waals surface area contributed by atoms with E-state index in [1.165, 1.54) is 11.1 Å². The lowest BCUT2D eigenvalue weighted by molar-refractivity contribution is -0.110. The van der Waals surface area contributed by atoms with Gasteiger partial charge >= 0.3 is 0 Å². The molecule has 3 aliphatic rings. The lowest BCUT2D eigenvalue weighted by atomic mass is 10.1. The highest BCUT2D eigenvalue weighted by atomic mass is 16.2. The summed E-state index contributed by atoms with van der Waals surface area (Å²) < 4.78 is 0. The molecule has 0 atom stereocenters. The van der Waals surface area contributed by atoms with Crippen LogP contribution in [-0.2, 0) is 4.79 Å². The van der Waals surface area contributed by atoms with Crippen molar-refractivity contribution in [2.24, 2.45) is 0 Å². The molecule has 2 aliphatic carbocycles. The number of fused-ring (bicyclic) bond motifs is 2. The predicted molar refractivity (Wildman–Crippen MR) is 86.0 cm³/mol. The van der Waals surface area contributed by atoms with Crippen LogP contribution in [0.25, 0.3) is 22.8 Å². The van der Waals surface area contributed by atoms with E-state index in [4.69, 9.17) is 0 Å². The standard InChI is InChI=1S/C19H13NO/c21-19-17(16-8-4-5-9-18(16)20-19)12-13-10-14-6-2-1-3-7-15(14)11-13/h1-12H,(H,20,21)/b17-12-. The SMILES string of the molecule is O=C1Nc2ccccc2/C1=C/c1cc2cccccc-2c1. The fraction of sp³-hybridized carbons (Fsp3) is 0. The van der Waals surface area contributed by atoms with Gasteiger partial charge in [-0.3, -0.25) is 4.79 Å². The van der Waals surface area contributed by atoms with Gasteiger partial charge in [-0.25, -0.2) is 0 Å². The van der Waals surface area contributed by atoms with E-state index in [9.17, 15) is 4.79 Å². The number of carbonyl (C=O) groups excluding carboxylic acids is 1. The molecule has 0 aromatic heterocycles. The number of amides is 1. The summed E-state index contributed by atoms with van der Waals surface area (Å²) in [5.41, 5.74) is 6.00. The van der Waals surface area contributed by atoms with E-state index >= 15 is 0 Å². The molecule has 0 fully saturated rings. The van der Waals surface area contributed by atoms with Crippen molar-refractivity contribution in [3.63, 3.8) is 0 Å². The summed E-state index contributed by atoms with van der Waals surface area (Å²) >= 11 is 0. The van der Waals surface area contributed by atoms with Crippen molar-refractivity contribution in [1.82, 2.24) is 0 Å². The maximum atomic E-state index is 12.1. The summed E-state index contributed by atoms with van der Waals surface area (Å²) in [6.45, 7) is 0. The molecule has 0 saturated carbocycles. The van der Waals surface area contributed by atoms with Crippen LogP contribution in [0.5, 0.6) is 0 Å². The van der Waals surface area contributed by atoms with Gasteiger partial charge in [-0.2, -0.15) is 0 Å². The highest BCUT2D eigenvalue weighted by molar-refractivity contribution is 6.34. The Hall–Kier alpha value is -2.87. The molecule has 100 valence electrons. The van der Waals surface area contributed by atoms with Crippen LogP contribution >= 0.6 is 0 Å². The summed E-state index contributed by atoms with van der Waals surface area (Å²) in [7, 11) is 0. The van der Waals surface area contributed by atoms with Gasteiger partial charge in [0.05, 0.1) is 0 Å². The highest BCUT2D eigenvalue weighted by Crippen LogP contribution is 2.34. The first-order chi connectivity index (χ1) is 10.3. The maximum absolute atomic E-state index is 12.1. The summed E-state index contributed by atoms with van der Waals surface area (Å²) in [5, 5.41) is 2.90. The fourth-order valence-corrected chi connectivity index (χ4v) is 2.77. The first-order valence-corrected chi connectivity index (χ1v) is 6.92. The van der Waals surface area contributed by atoms with E-state index in [-0.39, 0.29) is 5.91 Å².